The Bertz CT molecular complexity index is 398. The molecule has 0 unspecified atom stereocenters. The van der Waals surface area contributed by atoms with E-state index in [0.717, 1.165) is 37.3 Å². The molecule has 1 amide bonds. The second-order valence-corrected chi connectivity index (χ2v) is 4.44. The fourth-order valence-corrected chi connectivity index (χ4v) is 1.75. The van der Waals surface area contributed by atoms with Gasteiger partial charge in [0.15, 0.2) is 0 Å². The van der Waals surface area contributed by atoms with E-state index in [-0.39, 0.29) is 5.91 Å². The SMILES string of the molecule is C=CCCN(C(C)=O)c1ccc(OCCCC)cc1. The van der Waals surface area contributed by atoms with E-state index < -0.39 is 0 Å². The summed E-state index contributed by atoms with van der Waals surface area (Å²) in [6, 6.07) is 7.67. The number of ether oxygens (including phenoxy) is 1. The van der Waals surface area contributed by atoms with Gasteiger partial charge >= 0.3 is 0 Å². The van der Waals surface area contributed by atoms with Crippen molar-refractivity contribution in [2.75, 3.05) is 18.1 Å². The Morgan fingerprint density at radius 2 is 2.05 bits per heavy atom. The summed E-state index contributed by atoms with van der Waals surface area (Å²) in [5.74, 6) is 0.894. The minimum absolute atomic E-state index is 0.0431. The van der Waals surface area contributed by atoms with Crippen LogP contribution in [0.3, 0.4) is 0 Å². The standard InChI is InChI=1S/C16H23NO2/c1-4-6-12-17(14(3)18)15-8-10-16(11-9-15)19-13-7-5-2/h4,8-11H,1,5-7,12-13H2,2-3H3. The van der Waals surface area contributed by atoms with Crippen molar-refractivity contribution in [3.8, 4) is 5.75 Å². The number of carbonyl (C=O) groups excluding carboxylic acids is 1. The lowest BCUT2D eigenvalue weighted by atomic mass is 10.2. The molecule has 0 heterocycles. The van der Waals surface area contributed by atoms with Crippen LogP contribution in [0.25, 0.3) is 0 Å². The first-order valence-corrected chi connectivity index (χ1v) is 6.81. The van der Waals surface area contributed by atoms with Gasteiger partial charge in [-0.2, -0.15) is 0 Å². The molecular weight excluding hydrogens is 238 g/mol. The van der Waals surface area contributed by atoms with Crippen LogP contribution < -0.4 is 9.64 Å². The molecule has 0 saturated heterocycles. The van der Waals surface area contributed by atoms with Crippen molar-refractivity contribution in [2.24, 2.45) is 0 Å². The molecule has 1 aromatic carbocycles. The highest BCUT2D eigenvalue weighted by Crippen LogP contribution is 2.20. The van der Waals surface area contributed by atoms with Crippen molar-refractivity contribution < 1.29 is 9.53 Å². The largest absolute Gasteiger partial charge is 0.494 e. The number of carbonyl (C=O) groups is 1. The molecule has 3 nitrogen and oxygen atoms in total. The maximum Gasteiger partial charge on any atom is 0.223 e. The molecule has 0 saturated carbocycles. The van der Waals surface area contributed by atoms with Gasteiger partial charge in [-0.1, -0.05) is 19.4 Å². The monoisotopic (exact) mass is 261 g/mol. The molecule has 0 aliphatic heterocycles. The lowest BCUT2D eigenvalue weighted by molar-refractivity contribution is -0.116. The van der Waals surface area contributed by atoms with Crippen LogP contribution in [0.2, 0.25) is 0 Å². The summed E-state index contributed by atoms with van der Waals surface area (Å²) < 4.78 is 5.60. The van der Waals surface area contributed by atoms with Crippen LogP contribution in [0, 0.1) is 0 Å². The van der Waals surface area contributed by atoms with E-state index in [1.54, 1.807) is 11.8 Å². The molecule has 0 aliphatic rings. The zero-order chi connectivity index (χ0) is 14.1. The number of rotatable bonds is 8. The van der Waals surface area contributed by atoms with Gasteiger partial charge in [0.25, 0.3) is 0 Å². The van der Waals surface area contributed by atoms with Gasteiger partial charge in [-0.05, 0) is 37.1 Å². The van der Waals surface area contributed by atoms with Gasteiger partial charge in [-0.25, -0.2) is 0 Å². The van der Waals surface area contributed by atoms with E-state index in [0.29, 0.717) is 6.54 Å². The van der Waals surface area contributed by atoms with Crippen LogP contribution in [0.5, 0.6) is 5.75 Å². The first-order chi connectivity index (χ1) is 9.19. The number of amides is 1. The molecule has 19 heavy (non-hydrogen) atoms. The summed E-state index contributed by atoms with van der Waals surface area (Å²) in [6.45, 7) is 8.80. The molecule has 3 heteroatoms. The Morgan fingerprint density at radius 1 is 1.37 bits per heavy atom. The van der Waals surface area contributed by atoms with Crippen molar-refractivity contribution in [3.63, 3.8) is 0 Å². The van der Waals surface area contributed by atoms with Crippen LogP contribution in [-0.2, 0) is 4.79 Å². The third-order valence-corrected chi connectivity index (χ3v) is 2.85. The molecule has 0 spiro atoms. The third-order valence-electron chi connectivity index (χ3n) is 2.85. The maximum absolute atomic E-state index is 11.6. The number of nitrogens with zero attached hydrogens (tertiary/aromatic N) is 1. The van der Waals surface area contributed by atoms with Crippen molar-refractivity contribution >= 4 is 11.6 Å². The fraction of sp³-hybridized carbons (Fsp3) is 0.438. The number of anilines is 1. The number of unbranched alkanes of at least 4 members (excludes halogenated alkanes) is 1. The lowest BCUT2D eigenvalue weighted by Crippen LogP contribution is -2.29. The Kier molecular flexibility index (Phi) is 6.72. The van der Waals surface area contributed by atoms with E-state index in [9.17, 15) is 4.79 Å². The summed E-state index contributed by atoms with van der Waals surface area (Å²) >= 11 is 0. The van der Waals surface area contributed by atoms with Gasteiger partial charge in [0, 0.05) is 19.2 Å². The highest BCUT2D eigenvalue weighted by Gasteiger charge is 2.10. The predicted octanol–water partition coefficient (Wildman–Crippen LogP) is 3.79. The summed E-state index contributed by atoms with van der Waals surface area (Å²) in [7, 11) is 0. The molecular formula is C16H23NO2. The molecule has 104 valence electrons. The van der Waals surface area contributed by atoms with Gasteiger partial charge < -0.3 is 9.64 Å². The molecule has 0 bridgehead atoms. The topological polar surface area (TPSA) is 29.5 Å². The molecule has 0 aromatic heterocycles. The van der Waals surface area contributed by atoms with Crippen molar-refractivity contribution in [2.45, 2.75) is 33.1 Å². The molecule has 0 aliphatic carbocycles. The van der Waals surface area contributed by atoms with Crippen LogP contribution >= 0.6 is 0 Å². The molecule has 0 N–H and O–H groups in total. The van der Waals surface area contributed by atoms with Crippen LogP contribution in [0.15, 0.2) is 36.9 Å². The molecule has 0 fully saturated rings. The van der Waals surface area contributed by atoms with E-state index in [4.69, 9.17) is 4.74 Å². The van der Waals surface area contributed by atoms with Crippen molar-refractivity contribution in [1.29, 1.82) is 0 Å². The molecule has 0 atom stereocenters. The zero-order valence-electron chi connectivity index (χ0n) is 11.9. The van der Waals surface area contributed by atoms with Gasteiger partial charge in [0.05, 0.1) is 6.61 Å². The predicted molar refractivity (Wildman–Crippen MR) is 79.7 cm³/mol. The summed E-state index contributed by atoms with van der Waals surface area (Å²) in [4.78, 5) is 13.4. The van der Waals surface area contributed by atoms with Gasteiger partial charge in [0.2, 0.25) is 5.91 Å². The molecule has 0 radical (unpaired) electrons. The smallest absolute Gasteiger partial charge is 0.223 e. The highest BCUT2D eigenvalue weighted by molar-refractivity contribution is 5.91. The normalized spacial score (nSPS) is 10.0. The van der Waals surface area contributed by atoms with Crippen LogP contribution in [-0.4, -0.2) is 19.1 Å². The van der Waals surface area contributed by atoms with Crippen molar-refractivity contribution in [3.05, 3.63) is 36.9 Å². The van der Waals surface area contributed by atoms with Gasteiger partial charge in [-0.3, -0.25) is 4.79 Å². The first kappa shape index (κ1) is 15.3. The Morgan fingerprint density at radius 3 is 2.58 bits per heavy atom. The lowest BCUT2D eigenvalue weighted by Gasteiger charge is -2.20. The van der Waals surface area contributed by atoms with E-state index in [1.807, 2.05) is 30.3 Å². The minimum atomic E-state index is 0.0431. The molecule has 1 aromatic rings. The average Bonchev–Trinajstić information content (AvgIpc) is 2.41. The maximum atomic E-state index is 11.6. The summed E-state index contributed by atoms with van der Waals surface area (Å²) in [5.41, 5.74) is 0.900. The highest BCUT2D eigenvalue weighted by atomic mass is 16.5. The van der Waals surface area contributed by atoms with Gasteiger partial charge in [0.1, 0.15) is 5.75 Å². The number of hydrogen-bond acceptors (Lipinski definition) is 2. The molecule has 1 rings (SSSR count). The fourth-order valence-electron chi connectivity index (χ4n) is 1.75. The van der Waals surface area contributed by atoms with Crippen LogP contribution in [0.4, 0.5) is 5.69 Å². The Balaban J connectivity index is 2.66. The Hall–Kier alpha value is -1.77. The van der Waals surface area contributed by atoms with E-state index in [1.165, 1.54) is 0 Å². The average molecular weight is 261 g/mol. The van der Waals surface area contributed by atoms with Crippen molar-refractivity contribution in [1.82, 2.24) is 0 Å². The third kappa shape index (κ3) is 5.16. The number of benzene rings is 1. The summed E-state index contributed by atoms with van der Waals surface area (Å²) in [5, 5.41) is 0. The van der Waals surface area contributed by atoms with Gasteiger partial charge in [-0.15, -0.1) is 6.58 Å². The second kappa shape index (κ2) is 8.35. The quantitative estimate of drug-likeness (QED) is 0.526. The Labute approximate surface area is 115 Å². The van der Waals surface area contributed by atoms with Crippen LogP contribution in [0.1, 0.15) is 33.1 Å². The summed E-state index contributed by atoms with van der Waals surface area (Å²) in [6.07, 6.45) is 4.78. The van der Waals surface area contributed by atoms with E-state index >= 15 is 0 Å². The minimum Gasteiger partial charge on any atom is -0.494 e. The second-order valence-electron chi connectivity index (χ2n) is 4.44. The zero-order valence-corrected chi connectivity index (χ0v) is 11.9. The number of hydrogen-bond donors (Lipinski definition) is 0. The first-order valence-electron chi connectivity index (χ1n) is 6.81. The van der Waals surface area contributed by atoms with E-state index in [2.05, 4.69) is 13.5 Å².